The normalized spacial score (nSPS) is 11.0. The van der Waals surface area contributed by atoms with E-state index in [1.165, 1.54) is 6.08 Å². The number of amides is 1. The zero-order valence-corrected chi connectivity index (χ0v) is 14.6. The van der Waals surface area contributed by atoms with Crippen LogP contribution in [-0.2, 0) is 4.79 Å². The summed E-state index contributed by atoms with van der Waals surface area (Å²) >= 11 is 0. The van der Waals surface area contributed by atoms with Crippen molar-refractivity contribution in [1.29, 1.82) is 0 Å². The molecule has 0 saturated heterocycles. The highest BCUT2D eigenvalue weighted by Crippen LogP contribution is 2.24. The van der Waals surface area contributed by atoms with Crippen LogP contribution in [0.15, 0.2) is 42.5 Å². The van der Waals surface area contributed by atoms with Crippen LogP contribution < -0.4 is 15.8 Å². The molecule has 0 aliphatic rings. The summed E-state index contributed by atoms with van der Waals surface area (Å²) in [6.45, 7) is 7.86. The standard InChI is InChI=1S/C20H24N2O2/c1-13(2)24-19-9-7-16(12-17(19)21)8-10-20(23)22-18-11-14(3)5-6-15(18)4/h5-13H,21H2,1-4H3,(H,22,23)/b10-8-. The first-order valence-electron chi connectivity index (χ1n) is 7.97. The summed E-state index contributed by atoms with van der Waals surface area (Å²) in [5.74, 6) is 0.478. The van der Waals surface area contributed by atoms with Crippen LogP contribution in [0, 0.1) is 13.8 Å². The van der Waals surface area contributed by atoms with Gasteiger partial charge in [-0.05, 0) is 68.7 Å². The molecular weight excluding hydrogens is 300 g/mol. The van der Waals surface area contributed by atoms with Crippen LogP contribution in [0.3, 0.4) is 0 Å². The molecule has 0 spiro atoms. The Balaban J connectivity index is 2.06. The lowest BCUT2D eigenvalue weighted by Crippen LogP contribution is -2.09. The molecule has 0 atom stereocenters. The largest absolute Gasteiger partial charge is 0.489 e. The Morgan fingerprint density at radius 2 is 1.92 bits per heavy atom. The molecule has 3 N–H and O–H groups in total. The van der Waals surface area contributed by atoms with Gasteiger partial charge in [0.25, 0.3) is 0 Å². The smallest absolute Gasteiger partial charge is 0.248 e. The van der Waals surface area contributed by atoms with Crippen molar-refractivity contribution in [3.63, 3.8) is 0 Å². The van der Waals surface area contributed by atoms with Crippen molar-refractivity contribution in [1.82, 2.24) is 0 Å². The van der Waals surface area contributed by atoms with Gasteiger partial charge in [-0.3, -0.25) is 4.79 Å². The van der Waals surface area contributed by atoms with Gasteiger partial charge in [0.15, 0.2) is 0 Å². The third kappa shape index (κ3) is 4.88. The minimum Gasteiger partial charge on any atom is -0.489 e. The number of nitrogens with two attached hydrogens (primary N) is 1. The first kappa shape index (κ1) is 17.6. The van der Waals surface area contributed by atoms with Gasteiger partial charge in [0.05, 0.1) is 11.8 Å². The molecule has 0 aliphatic carbocycles. The fourth-order valence-electron chi connectivity index (χ4n) is 2.25. The molecule has 0 aliphatic heterocycles. The van der Waals surface area contributed by atoms with E-state index in [-0.39, 0.29) is 12.0 Å². The molecule has 2 aromatic rings. The Morgan fingerprint density at radius 1 is 1.17 bits per heavy atom. The third-order valence-corrected chi connectivity index (χ3v) is 3.47. The number of aryl methyl sites for hydroxylation is 2. The maximum atomic E-state index is 12.1. The van der Waals surface area contributed by atoms with Crippen molar-refractivity contribution in [2.45, 2.75) is 33.8 Å². The van der Waals surface area contributed by atoms with E-state index in [4.69, 9.17) is 10.5 Å². The van der Waals surface area contributed by atoms with E-state index in [0.29, 0.717) is 11.4 Å². The number of rotatable bonds is 5. The van der Waals surface area contributed by atoms with Crippen molar-refractivity contribution in [2.24, 2.45) is 0 Å². The molecular formula is C20H24N2O2. The number of hydrogen-bond donors (Lipinski definition) is 2. The lowest BCUT2D eigenvalue weighted by Gasteiger charge is -2.12. The van der Waals surface area contributed by atoms with Crippen molar-refractivity contribution in [2.75, 3.05) is 11.1 Å². The van der Waals surface area contributed by atoms with E-state index in [1.54, 1.807) is 12.1 Å². The highest BCUT2D eigenvalue weighted by Gasteiger charge is 2.04. The maximum Gasteiger partial charge on any atom is 0.248 e. The number of nitrogen functional groups attached to an aromatic ring is 1. The fraction of sp³-hybridized carbons (Fsp3) is 0.250. The van der Waals surface area contributed by atoms with Gasteiger partial charge >= 0.3 is 0 Å². The first-order chi connectivity index (χ1) is 11.3. The minimum absolute atomic E-state index is 0.0667. The first-order valence-corrected chi connectivity index (χ1v) is 7.97. The molecule has 0 saturated carbocycles. The van der Waals surface area contributed by atoms with Crippen LogP contribution in [0.25, 0.3) is 6.08 Å². The van der Waals surface area contributed by atoms with Crippen LogP contribution >= 0.6 is 0 Å². The summed E-state index contributed by atoms with van der Waals surface area (Å²) in [7, 11) is 0. The summed E-state index contributed by atoms with van der Waals surface area (Å²) < 4.78 is 5.60. The molecule has 1 amide bonds. The second-order valence-corrected chi connectivity index (χ2v) is 6.10. The Hall–Kier alpha value is -2.75. The summed E-state index contributed by atoms with van der Waals surface area (Å²) in [4.78, 5) is 12.1. The van der Waals surface area contributed by atoms with Gasteiger partial charge in [-0.2, -0.15) is 0 Å². The molecule has 0 radical (unpaired) electrons. The van der Waals surface area contributed by atoms with Gasteiger partial charge in [0.1, 0.15) is 5.75 Å². The Bertz CT molecular complexity index is 764. The number of anilines is 2. The van der Waals surface area contributed by atoms with Gasteiger partial charge in [0.2, 0.25) is 5.91 Å². The second kappa shape index (κ2) is 7.68. The molecule has 24 heavy (non-hydrogen) atoms. The Labute approximate surface area is 143 Å². The Morgan fingerprint density at radius 3 is 2.58 bits per heavy atom. The highest BCUT2D eigenvalue weighted by molar-refractivity contribution is 6.02. The number of carbonyl (C=O) groups excluding carboxylic acids is 1. The van der Waals surface area contributed by atoms with Gasteiger partial charge in [-0.15, -0.1) is 0 Å². The summed E-state index contributed by atoms with van der Waals surface area (Å²) in [6, 6.07) is 11.4. The zero-order chi connectivity index (χ0) is 17.7. The van der Waals surface area contributed by atoms with Crippen LogP contribution in [-0.4, -0.2) is 12.0 Å². The molecule has 126 valence electrons. The van der Waals surface area contributed by atoms with E-state index in [1.807, 2.05) is 58.0 Å². The quantitative estimate of drug-likeness (QED) is 0.636. The van der Waals surface area contributed by atoms with Crippen LogP contribution in [0.1, 0.15) is 30.5 Å². The molecule has 4 nitrogen and oxygen atoms in total. The molecule has 2 rings (SSSR count). The monoisotopic (exact) mass is 324 g/mol. The predicted octanol–water partition coefficient (Wildman–Crippen LogP) is 4.32. The Kier molecular flexibility index (Phi) is 5.64. The van der Waals surface area contributed by atoms with Crippen molar-refractivity contribution < 1.29 is 9.53 Å². The number of hydrogen-bond acceptors (Lipinski definition) is 3. The van der Waals surface area contributed by atoms with E-state index in [9.17, 15) is 4.79 Å². The van der Waals surface area contributed by atoms with Crippen LogP contribution in [0.2, 0.25) is 0 Å². The molecule has 0 aromatic heterocycles. The number of carbonyl (C=O) groups is 1. The van der Waals surface area contributed by atoms with Gasteiger partial charge in [0, 0.05) is 11.8 Å². The second-order valence-electron chi connectivity index (χ2n) is 6.10. The van der Waals surface area contributed by atoms with Crippen LogP contribution in [0.5, 0.6) is 5.75 Å². The van der Waals surface area contributed by atoms with Crippen LogP contribution in [0.4, 0.5) is 11.4 Å². The highest BCUT2D eigenvalue weighted by atomic mass is 16.5. The van der Waals surface area contributed by atoms with Gasteiger partial charge in [-0.1, -0.05) is 18.2 Å². The van der Waals surface area contributed by atoms with Crippen molar-refractivity contribution in [3.8, 4) is 5.75 Å². The van der Waals surface area contributed by atoms with Crippen molar-refractivity contribution >= 4 is 23.4 Å². The number of benzene rings is 2. The lowest BCUT2D eigenvalue weighted by molar-refractivity contribution is -0.111. The van der Waals surface area contributed by atoms with E-state index < -0.39 is 0 Å². The van der Waals surface area contributed by atoms with Gasteiger partial charge < -0.3 is 15.8 Å². The topological polar surface area (TPSA) is 64.3 Å². The van der Waals surface area contributed by atoms with E-state index in [2.05, 4.69) is 5.32 Å². The van der Waals surface area contributed by atoms with E-state index in [0.717, 1.165) is 22.4 Å². The predicted molar refractivity (Wildman–Crippen MR) is 100 cm³/mol. The molecule has 0 bridgehead atoms. The number of ether oxygens (including phenoxy) is 1. The summed E-state index contributed by atoms with van der Waals surface area (Å²) in [6.07, 6.45) is 3.30. The lowest BCUT2D eigenvalue weighted by atomic mass is 10.1. The average Bonchev–Trinajstić information content (AvgIpc) is 2.51. The molecule has 0 heterocycles. The zero-order valence-electron chi connectivity index (χ0n) is 14.6. The molecule has 2 aromatic carbocycles. The average molecular weight is 324 g/mol. The van der Waals surface area contributed by atoms with Crippen molar-refractivity contribution in [3.05, 3.63) is 59.2 Å². The fourth-order valence-corrected chi connectivity index (χ4v) is 2.25. The van der Waals surface area contributed by atoms with Gasteiger partial charge in [-0.25, -0.2) is 0 Å². The summed E-state index contributed by atoms with van der Waals surface area (Å²) in [5, 5.41) is 2.89. The summed E-state index contributed by atoms with van der Waals surface area (Å²) in [5.41, 5.74) is 10.3. The third-order valence-electron chi connectivity index (χ3n) is 3.47. The van der Waals surface area contributed by atoms with E-state index >= 15 is 0 Å². The SMILES string of the molecule is Cc1ccc(C)c(NC(=O)/C=C\c2ccc(OC(C)C)c(N)c2)c1. The maximum absolute atomic E-state index is 12.1. The molecule has 4 heteroatoms. The molecule has 0 fully saturated rings. The molecule has 0 unspecified atom stereocenters. The minimum atomic E-state index is -0.176. The number of nitrogens with one attached hydrogen (secondary N) is 1.